The van der Waals surface area contributed by atoms with E-state index < -0.39 is 132 Å². The second kappa shape index (κ2) is 40.5. The molecule has 566 valence electrons. The number of Topliss-reactive ketones (excluding diaryl/α,β-unsaturated/α-hetero) is 1. The van der Waals surface area contributed by atoms with Gasteiger partial charge in [0.05, 0.1) is 24.5 Å². The third kappa shape index (κ3) is 25.1. The van der Waals surface area contributed by atoms with Crippen molar-refractivity contribution in [2.45, 2.75) is 189 Å². The summed E-state index contributed by atoms with van der Waals surface area (Å²) in [6.07, 6.45) is -2.87. The molecule has 0 radical (unpaired) electrons. The highest BCUT2D eigenvalue weighted by atomic mass is 16.6. The topological polar surface area (TPSA) is 758 Å². The van der Waals surface area contributed by atoms with Crippen LogP contribution in [0.2, 0.25) is 0 Å². The summed E-state index contributed by atoms with van der Waals surface area (Å²) in [5.41, 5.74) is 73.0. The normalized spacial score (nSPS) is 19.9. The summed E-state index contributed by atoms with van der Waals surface area (Å²) in [5.74, 6) is -9.44. The second-order valence-corrected chi connectivity index (χ2v) is 24.6. The molecule has 35 N–H and O–H groups in total. The quantitative estimate of drug-likeness (QED) is 0.0167. The molecule has 0 saturated carbocycles. The molecule has 2 aromatic rings. The SMILES string of the molecule is CC(C(=O)NC(CCCN=C(N)N)C(=O)NC(CCCN=C(N)N)C(=O)NC(CCCN=C(N)N)C(=O)NC(CCCN=C(N)N)C(=O)NC(CCCN=C(N)N)C(=O)NC(CCCN=C(N)N)C(=O)O)N1CCCC1C(=O)N1CCCC1C(=O)C1OC(n2cnc3c(N)ncnc32)C(O)C1O. The standard InChI is InChI=1S/C58H101N31O13/c1-28(87-24-9-17-36(87)50(99)88-25-8-16-35(88)38(90)41-39(91)40(92)51(102-41)89-27-80-37-42(59)78-26-79-43(37)89)44(93)81-29(10-2-18-72-53(60)61)45(94)82-30(11-3-19-73-54(62)63)46(95)83-31(12-4-20-74-55(64)65)47(96)84-32(13-5-21-75-56(66)67)48(97)85-33(14-6-22-76-57(68)69)49(98)86-34(52(100)101)15-7-23-77-58(70)71/h26-36,39-41,51,91-92H,2-25H2,1H3,(H,81,93)(H,82,94)(H,83,95)(H,84,96)(H,85,97)(H,86,98)(H,100,101)(H2,59,78,79)(H4,60,61,72)(H4,62,63,73)(H4,64,65,74)(H4,66,67,75)(H4,68,69,76)(H4,70,71,77). The molecule has 102 heavy (non-hydrogen) atoms. The van der Waals surface area contributed by atoms with Gasteiger partial charge in [0.1, 0.15) is 66.4 Å². The Labute approximate surface area is 586 Å². The Kier molecular flexibility index (Phi) is 32.5. The van der Waals surface area contributed by atoms with Crippen molar-refractivity contribution in [1.29, 1.82) is 0 Å². The first-order chi connectivity index (χ1) is 48.4. The number of aliphatic hydroxyl groups is 2. The molecule has 3 aliphatic heterocycles. The summed E-state index contributed by atoms with van der Waals surface area (Å²) in [4.78, 5) is 168. The number of imidazole rings is 1. The van der Waals surface area contributed by atoms with Crippen LogP contribution in [0.4, 0.5) is 5.82 Å². The molecule has 7 amide bonds. The van der Waals surface area contributed by atoms with Gasteiger partial charge in [-0.05, 0) is 116 Å². The number of nitrogen functional groups attached to an aromatic ring is 1. The number of nitrogens with two attached hydrogens (primary N) is 13. The fraction of sp³-hybridized carbons (Fsp3) is 0.655. The number of hydrogen-bond acceptors (Lipinski definition) is 23. The zero-order chi connectivity index (χ0) is 75.3. The van der Waals surface area contributed by atoms with E-state index >= 15 is 0 Å². The number of likely N-dealkylation sites (tertiary alicyclic amines) is 2. The highest BCUT2D eigenvalue weighted by molar-refractivity contribution is 5.98. The van der Waals surface area contributed by atoms with Gasteiger partial charge in [0, 0.05) is 45.8 Å². The molecule has 3 fully saturated rings. The Morgan fingerprint density at radius 1 is 0.500 bits per heavy atom. The Morgan fingerprint density at radius 2 is 0.853 bits per heavy atom. The van der Waals surface area contributed by atoms with Crippen LogP contribution < -0.4 is 106 Å². The van der Waals surface area contributed by atoms with Crippen LogP contribution in [-0.2, 0) is 47.9 Å². The van der Waals surface area contributed by atoms with Gasteiger partial charge in [-0.1, -0.05) is 0 Å². The van der Waals surface area contributed by atoms with E-state index in [9.17, 15) is 58.5 Å². The summed E-state index contributed by atoms with van der Waals surface area (Å²) < 4.78 is 7.34. The molecular formula is C58H101N31O13. The van der Waals surface area contributed by atoms with Gasteiger partial charge in [0.25, 0.3) is 0 Å². The van der Waals surface area contributed by atoms with Crippen molar-refractivity contribution in [3.8, 4) is 0 Å². The first kappa shape index (κ1) is 81.9. The van der Waals surface area contributed by atoms with Gasteiger partial charge in [-0.15, -0.1) is 0 Å². The number of carbonyl (C=O) groups excluding carboxylic acids is 8. The molecule has 0 aliphatic carbocycles. The van der Waals surface area contributed by atoms with Crippen LogP contribution in [0.15, 0.2) is 42.6 Å². The number of hydrogen-bond donors (Lipinski definition) is 22. The molecule has 5 rings (SSSR count). The minimum atomic E-state index is -1.71. The molecule has 3 saturated heterocycles. The maximum Gasteiger partial charge on any atom is 0.326 e. The van der Waals surface area contributed by atoms with E-state index in [0.717, 1.165) is 0 Å². The van der Waals surface area contributed by atoms with Crippen molar-refractivity contribution in [1.82, 2.24) is 61.2 Å². The van der Waals surface area contributed by atoms with Gasteiger partial charge in [0.15, 0.2) is 59.2 Å². The number of anilines is 1. The van der Waals surface area contributed by atoms with Crippen LogP contribution >= 0.6 is 0 Å². The maximum atomic E-state index is 14.8. The Balaban J connectivity index is 1.38. The summed E-state index contributed by atoms with van der Waals surface area (Å²) in [6.45, 7) is 1.82. The Bertz CT molecular complexity index is 3380. The summed E-state index contributed by atoms with van der Waals surface area (Å²) in [5, 5.41) is 48.3. The molecule has 0 bridgehead atoms. The predicted octanol–water partition coefficient (Wildman–Crippen LogP) is -10.2. The molecule has 5 heterocycles. The monoisotopic (exact) mass is 1440 g/mol. The van der Waals surface area contributed by atoms with Crippen molar-refractivity contribution in [2.24, 2.45) is 98.8 Å². The fourth-order valence-corrected chi connectivity index (χ4v) is 11.8. The lowest BCUT2D eigenvalue weighted by molar-refractivity contribution is -0.149. The van der Waals surface area contributed by atoms with Gasteiger partial charge in [-0.3, -0.25) is 77.8 Å². The van der Waals surface area contributed by atoms with E-state index in [1.54, 1.807) is 4.90 Å². The van der Waals surface area contributed by atoms with Crippen molar-refractivity contribution in [3.05, 3.63) is 12.7 Å². The molecule has 44 heteroatoms. The van der Waals surface area contributed by atoms with Gasteiger partial charge in [-0.25, -0.2) is 19.7 Å². The average Bonchev–Trinajstić information content (AvgIpc) is 1.61. The van der Waals surface area contributed by atoms with Crippen LogP contribution in [0.1, 0.15) is 116 Å². The van der Waals surface area contributed by atoms with Crippen LogP contribution in [0, 0.1) is 0 Å². The van der Waals surface area contributed by atoms with E-state index in [-0.39, 0.29) is 195 Å². The molecule has 13 unspecified atom stereocenters. The molecule has 0 aromatic carbocycles. The lowest BCUT2D eigenvalue weighted by Gasteiger charge is -2.34. The number of rotatable bonds is 42. The number of aromatic nitrogens is 4. The van der Waals surface area contributed by atoms with E-state index in [0.29, 0.717) is 12.8 Å². The third-order valence-electron chi connectivity index (χ3n) is 17.0. The molecule has 13 atom stereocenters. The van der Waals surface area contributed by atoms with Crippen LogP contribution in [0.3, 0.4) is 0 Å². The van der Waals surface area contributed by atoms with Crippen LogP contribution in [0.25, 0.3) is 11.2 Å². The van der Waals surface area contributed by atoms with Crippen molar-refractivity contribution >= 4 is 106 Å². The van der Waals surface area contributed by atoms with E-state index in [4.69, 9.17) is 79.3 Å². The zero-order valence-electron chi connectivity index (χ0n) is 56.9. The van der Waals surface area contributed by atoms with Crippen molar-refractivity contribution in [2.75, 3.05) is 58.1 Å². The van der Waals surface area contributed by atoms with Gasteiger partial charge < -0.3 is 131 Å². The lowest BCUT2D eigenvalue weighted by Crippen LogP contribution is -2.60. The average molecular weight is 1440 g/mol. The largest absolute Gasteiger partial charge is 0.480 e. The highest BCUT2D eigenvalue weighted by Gasteiger charge is 2.52. The summed E-state index contributed by atoms with van der Waals surface area (Å²) >= 11 is 0. The molecule has 0 spiro atoms. The smallest absolute Gasteiger partial charge is 0.326 e. The number of aliphatic hydroxyl groups excluding tert-OH is 2. The van der Waals surface area contributed by atoms with Crippen LogP contribution in [0.5, 0.6) is 0 Å². The summed E-state index contributed by atoms with van der Waals surface area (Å²) in [7, 11) is 0. The van der Waals surface area contributed by atoms with Crippen molar-refractivity contribution < 1.29 is 63.2 Å². The molecule has 44 nitrogen and oxygen atoms in total. The van der Waals surface area contributed by atoms with E-state index in [1.807, 2.05) is 0 Å². The fourth-order valence-electron chi connectivity index (χ4n) is 11.8. The number of ketones is 1. The van der Waals surface area contributed by atoms with Crippen molar-refractivity contribution in [3.63, 3.8) is 0 Å². The van der Waals surface area contributed by atoms with Gasteiger partial charge in [-0.2, -0.15) is 0 Å². The minimum Gasteiger partial charge on any atom is -0.480 e. The van der Waals surface area contributed by atoms with Gasteiger partial charge >= 0.3 is 5.97 Å². The number of carbonyl (C=O) groups is 9. The number of carboxylic acids is 1. The van der Waals surface area contributed by atoms with Crippen LogP contribution in [-0.4, -0.2) is 259 Å². The summed E-state index contributed by atoms with van der Waals surface area (Å²) in [6, 6.07) is -12.0. The zero-order valence-corrected chi connectivity index (χ0v) is 56.9. The van der Waals surface area contributed by atoms with E-state index in [2.05, 4.69) is 76.8 Å². The second-order valence-electron chi connectivity index (χ2n) is 24.6. The number of ether oxygens (including phenoxy) is 1. The number of aliphatic carboxylic acids is 1. The lowest BCUT2D eigenvalue weighted by atomic mass is 9.99. The highest BCUT2D eigenvalue weighted by Crippen LogP contribution is 2.35. The number of aliphatic imine (C=N–C) groups is 6. The predicted molar refractivity (Wildman–Crippen MR) is 373 cm³/mol. The molecule has 3 aliphatic rings. The Hall–Kier alpha value is -10.8. The number of amides is 7. The Morgan fingerprint density at radius 3 is 1.24 bits per heavy atom. The number of fused-ring (bicyclic) bond motifs is 1. The maximum absolute atomic E-state index is 14.8. The van der Waals surface area contributed by atoms with Gasteiger partial charge in [0.2, 0.25) is 41.4 Å². The number of nitrogens with zero attached hydrogens (tertiary/aromatic N) is 12. The number of carboxylic acid groups (broad SMARTS) is 1. The third-order valence-corrected chi connectivity index (χ3v) is 17.0. The first-order valence-corrected chi connectivity index (χ1v) is 33.3. The minimum absolute atomic E-state index is 0.00332. The number of guanidine groups is 6. The number of nitrogens with one attached hydrogen (secondary N) is 6. The molecule has 2 aromatic heterocycles. The van der Waals surface area contributed by atoms with E-state index in [1.165, 1.54) is 29.0 Å². The first-order valence-electron chi connectivity index (χ1n) is 33.3. The molecular weight excluding hydrogens is 1340 g/mol.